The van der Waals surface area contributed by atoms with Crippen molar-refractivity contribution in [1.82, 2.24) is 30.2 Å². The van der Waals surface area contributed by atoms with Crippen LogP contribution in [0.15, 0.2) is 30.9 Å². The van der Waals surface area contributed by atoms with Gasteiger partial charge in [-0.05, 0) is 13.0 Å². The van der Waals surface area contributed by atoms with Crippen LogP contribution in [0.1, 0.15) is 43.7 Å². The number of β-amino-alcohol motifs (C(OH)–C–C–N with tert-alkyl or cyclic N) is 1. The first-order valence-electron chi connectivity index (χ1n) is 11.8. The van der Waals surface area contributed by atoms with Crippen LogP contribution in [0.25, 0.3) is 0 Å². The Labute approximate surface area is 230 Å². The fraction of sp³-hybridized carbons (Fsp3) is 0.391. The minimum Gasteiger partial charge on any atom is -0.395 e. The zero-order chi connectivity index (χ0) is 28.2. The lowest BCUT2D eigenvalue weighted by Crippen LogP contribution is -2.47. The molecule has 0 aromatic carbocycles. The number of halogens is 4. The molecule has 4 rings (SSSR count). The van der Waals surface area contributed by atoms with Crippen molar-refractivity contribution in [3.63, 3.8) is 0 Å². The zero-order valence-corrected chi connectivity index (χ0v) is 22.1. The van der Waals surface area contributed by atoms with Crippen molar-refractivity contribution in [2.45, 2.75) is 19.1 Å². The summed E-state index contributed by atoms with van der Waals surface area (Å²) in [5.41, 5.74) is -0.957. The SMILES string of the molecule is CC(NC(=O)c1cc(N2CCN(CCO)CC2)ncn1)c1ncc(C(=O)Nc2cc(C(F)(F)F)c(Cl)cn2)s1. The van der Waals surface area contributed by atoms with Crippen LogP contribution in [0.5, 0.6) is 0 Å². The summed E-state index contributed by atoms with van der Waals surface area (Å²) in [5, 5.41) is 14.0. The Morgan fingerprint density at radius 2 is 1.85 bits per heavy atom. The third-order valence-corrected chi connectivity index (χ3v) is 7.35. The second-order valence-corrected chi connectivity index (χ2v) is 10.0. The topological polar surface area (TPSA) is 136 Å². The van der Waals surface area contributed by atoms with Gasteiger partial charge in [-0.2, -0.15) is 13.2 Å². The predicted octanol–water partition coefficient (Wildman–Crippen LogP) is 2.86. The van der Waals surface area contributed by atoms with Gasteiger partial charge in [0.15, 0.2) is 0 Å². The van der Waals surface area contributed by atoms with E-state index in [-0.39, 0.29) is 23.0 Å². The summed E-state index contributed by atoms with van der Waals surface area (Å²) >= 11 is 6.54. The first kappa shape index (κ1) is 28.6. The van der Waals surface area contributed by atoms with E-state index in [1.54, 1.807) is 13.0 Å². The number of piperazine rings is 1. The number of aliphatic hydroxyl groups is 1. The number of anilines is 2. The molecule has 0 radical (unpaired) electrons. The quantitative estimate of drug-likeness (QED) is 0.365. The maximum Gasteiger partial charge on any atom is 0.418 e. The van der Waals surface area contributed by atoms with Gasteiger partial charge in [-0.25, -0.2) is 19.9 Å². The number of nitrogens with zero attached hydrogens (tertiary/aromatic N) is 6. The molecule has 4 heterocycles. The molecule has 3 aromatic rings. The molecule has 3 N–H and O–H groups in total. The number of pyridine rings is 1. The highest BCUT2D eigenvalue weighted by Crippen LogP contribution is 2.35. The first-order valence-corrected chi connectivity index (χ1v) is 13.0. The standard InChI is InChI=1S/C23H24ClF3N8O3S/c1-13(32-20(37)16-9-19(31-12-30-16)35-4-2-34(3-5-35)6-7-36)22-29-11-17(39-22)21(38)33-18-8-14(23(25,26)27)15(24)10-28-18/h8-13,36H,2-7H2,1H3,(H,32,37)(H,28,33,38). The van der Waals surface area contributed by atoms with Gasteiger partial charge in [0.25, 0.3) is 11.8 Å². The molecule has 1 aliphatic heterocycles. The lowest BCUT2D eigenvalue weighted by molar-refractivity contribution is -0.137. The van der Waals surface area contributed by atoms with Gasteiger partial charge in [0, 0.05) is 45.0 Å². The Balaban J connectivity index is 1.37. The molecule has 208 valence electrons. The summed E-state index contributed by atoms with van der Waals surface area (Å²) in [4.78, 5) is 45.9. The maximum atomic E-state index is 13.1. The van der Waals surface area contributed by atoms with Gasteiger partial charge in [0.1, 0.15) is 33.5 Å². The number of thiazole rings is 1. The van der Waals surface area contributed by atoms with E-state index in [9.17, 15) is 22.8 Å². The molecule has 0 bridgehead atoms. The van der Waals surface area contributed by atoms with E-state index >= 15 is 0 Å². The molecule has 0 spiro atoms. The fourth-order valence-electron chi connectivity index (χ4n) is 3.81. The van der Waals surface area contributed by atoms with Crippen molar-refractivity contribution < 1.29 is 27.9 Å². The average molecular weight is 585 g/mol. The molecule has 1 aliphatic rings. The second-order valence-electron chi connectivity index (χ2n) is 8.57. The van der Waals surface area contributed by atoms with Gasteiger partial charge in [0.05, 0.1) is 29.4 Å². The molecule has 0 saturated carbocycles. The minimum absolute atomic E-state index is 0.101. The largest absolute Gasteiger partial charge is 0.418 e. The van der Waals surface area contributed by atoms with Crippen LogP contribution in [-0.2, 0) is 6.18 Å². The molecule has 1 unspecified atom stereocenters. The molecule has 3 aromatic heterocycles. The zero-order valence-electron chi connectivity index (χ0n) is 20.6. The number of carbonyl (C=O) groups excluding carboxylic acids is 2. The lowest BCUT2D eigenvalue weighted by Gasteiger charge is -2.35. The van der Waals surface area contributed by atoms with Gasteiger partial charge in [-0.3, -0.25) is 14.5 Å². The highest BCUT2D eigenvalue weighted by molar-refractivity contribution is 7.13. The summed E-state index contributed by atoms with van der Waals surface area (Å²) in [6, 6.07) is 1.66. The highest BCUT2D eigenvalue weighted by Gasteiger charge is 2.34. The van der Waals surface area contributed by atoms with E-state index in [1.165, 1.54) is 12.5 Å². The average Bonchev–Trinajstić information content (AvgIpc) is 3.41. The molecule has 0 aliphatic carbocycles. The van der Waals surface area contributed by atoms with E-state index in [4.69, 9.17) is 16.7 Å². The number of hydrogen-bond donors (Lipinski definition) is 3. The number of alkyl halides is 3. The van der Waals surface area contributed by atoms with Gasteiger partial charge in [0.2, 0.25) is 0 Å². The van der Waals surface area contributed by atoms with Crippen LogP contribution in [-0.4, -0.2) is 81.1 Å². The predicted molar refractivity (Wildman–Crippen MR) is 138 cm³/mol. The lowest BCUT2D eigenvalue weighted by atomic mass is 10.2. The van der Waals surface area contributed by atoms with Gasteiger partial charge < -0.3 is 20.6 Å². The monoisotopic (exact) mass is 584 g/mol. The van der Waals surface area contributed by atoms with Crippen molar-refractivity contribution in [2.24, 2.45) is 0 Å². The number of hydrogen-bond acceptors (Lipinski definition) is 10. The highest BCUT2D eigenvalue weighted by atomic mass is 35.5. The van der Waals surface area contributed by atoms with E-state index in [2.05, 4.69) is 35.5 Å². The van der Waals surface area contributed by atoms with Crippen LogP contribution in [0.2, 0.25) is 5.02 Å². The van der Waals surface area contributed by atoms with Crippen molar-refractivity contribution in [2.75, 3.05) is 49.5 Å². The maximum absolute atomic E-state index is 13.1. The van der Waals surface area contributed by atoms with Crippen molar-refractivity contribution in [3.8, 4) is 0 Å². The molecule has 39 heavy (non-hydrogen) atoms. The van der Waals surface area contributed by atoms with Crippen LogP contribution < -0.4 is 15.5 Å². The van der Waals surface area contributed by atoms with Crippen LogP contribution in [0.4, 0.5) is 24.8 Å². The number of nitrogens with one attached hydrogen (secondary N) is 2. The molecule has 16 heteroatoms. The summed E-state index contributed by atoms with van der Waals surface area (Å²) in [7, 11) is 0. The van der Waals surface area contributed by atoms with Crippen molar-refractivity contribution in [3.05, 3.63) is 57.0 Å². The fourth-order valence-corrected chi connectivity index (χ4v) is 4.84. The van der Waals surface area contributed by atoms with Gasteiger partial charge >= 0.3 is 6.18 Å². The normalized spacial score (nSPS) is 15.2. The molecule has 2 amide bonds. The second kappa shape index (κ2) is 12.2. The Hall–Kier alpha value is -3.40. The summed E-state index contributed by atoms with van der Waals surface area (Å²) in [6.07, 6.45) is -1.32. The van der Waals surface area contributed by atoms with Gasteiger partial charge in [-0.15, -0.1) is 11.3 Å². The molecule has 1 fully saturated rings. The van der Waals surface area contributed by atoms with Crippen LogP contribution in [0.3, 0.4) is 0 Å². The molecular formula is C23H24ClF3N8O3S. The Bertz CT molecular complexity index is 1330. The Morgan fingerprint density at radius 1 is 1.10 bits per heavy atom. The molecule has 1 saturated heterocycles. The third-order valence-electron chi connectivity index (χ3n) is 5.87. The van der Waals surface area contributed by atoms with Crippen molar-refractivity contribution >= 4 is 46.4 Å². The number of aliphatic hydroxyl groups excluding tert-OH is 1. The number of aromatic nitrogens is 4. The first-order chi connectivity index (χ1) is 18.5. The minimum atomic E-state index is -4.70. The summed E-state index contributed by atoms with van der Waals surface area (Å²) < 4.78 is 39.2. The van der Waals surface area contributed by atoms with E-state index in [1.807, 2.05) is 4.90 Å². The summed E-state index contributed by atoms with van der Waals surface area (Å²) in [5.74, 6) is -0.873. The Kier molecular flexibility index (Phi) is 8.94. The van der Waals surface area contributed by atoms with E-state index < -0.39 is 34.6 Å². The third kappa shape index (κ3) is 7.17. The summed E-state index contributed by atoms with van der Waals surface area (Å²) in [6.45, 7) is 5.31. The number of carbonyl (C=O) groups is 2. The number of rotatable bonds is 8. The van der Waals surface area contributed by atoms with Crippen molar-refractivity contribution in [1.29, 1.82) is 0 Å². The van der Waals surface area contributed by atoms with E-state index in [0.29, 0.717) is 36.5 Å². The van der Waals surface area contributed by atoms with E-state index in [0.717, 1.165) is 30.6 Å². The van der Waals surface area contributed by atoms with Crippen LogP contribution in [0, 0.1) is 0 Å². The Morgan fingerprint density at radius 3 is 2.54 bits per heavy atom. The molecular weight excluding hydrogens is 561 g/mol. The van der Waals surface area contributed by atoms with Crippen LogP contribution >= 0.6 is 22.9 Å². The smallest absolute Gasteiger partial charge is 0.395 e. The molecule has 1 atom stereocenters. The number of amides is 2. The van der Waals surface area contributed by atoms with Gasteiger partial charge in [-0.1, -0.05) is 11.6 Å². The molecule has 11 nitrogen and oxygen atoms in total.